The van der Waals surface area contributed by atoms with Crippen LogP contribution in [0.1, 0.15) is 13.8 Å². The lowest BCUT2D eigenvalue weighted by atomic mass is 10.2. The summed E-state index contributed by atoms with van der Waals surface area (Å²) in [7, 11) is -2.26. The average molecular weight is 484 g/mol. The van der Waals surface area contributed by atoms with Crippen LogP contribution in [0, 0.1) is 0 Å². The quantitative estimate of drug-likeness (QED) is 0.421. The van der Waals surface area contributed by atoms with E-state index < -0.39 is 10.0 Å². The van der Waals surface area contributed by atoms with Gasteiger partial charge in [0.05, 0.1) is 36.0 Å². The molecule has 1 amide bonds. The number of sulfonamides is 1. The predicted octanol–water partition coefficient (Wildman–Crippen LogP) is 4.36. The number of carbonyl (C=O) groups excluding carboxylic acids is 1. The number of para-hydroxylation sites is 1. The van der Waals surface area contributed by atoms with Crippen molar-refractivity contribution in [2.24, 2.45) is 0 Å². The van der Waals surface area contributed by atoms with Crippen molar-refractivity contribution in [3.05, 3.63) is 72.8 Å². The SMILES string of the molecule is CCOc1ccc(OCC)c(NC(=O)CNc2cccc(S(=O)(=O)N(C)c3ccccc3)c2)c1. The molecule has 9 heteroatoms. The minimum Gasteiger partial charge on any atom is -0.494 e. The van der Waals surface area contributed by atoms with Gasteiger partial charge in [-0.05, 0) is 56.3 Å². The molecule has 34 heavy (non-hydrogen) atoms. The minimum absolute atomic E-state index is 0.0670. The number of nitrogens with zero attached hydrogens (tertiary/aromatic N) is 1. The molecule has 0 unspecified atom stereocenters. The van der Waals surface area contributed by atoms with E-state index in [1.54, 1.807) is 54.6 Å². The predicted molar refractivity (Wildman–Crippen MR) is 134 cm³/mol. The lowest BCUT2D eigenvalue weighted by molar-refractivity contribution is -0.114. The van der Waals surface area contributed by atoms with Gasteiger partial charge in [0.1, 0.15) is 11.5 Å². The van der Waals surface area contributed by atoms with E-state index in [4.69, 9.17) is 9.47 Å². The Balaban J connectivity index is 1.69. The number of hydrogen-bond donors (Lipinski definition) is 2. The Morgan fingerprint density at radius 3 is 2.35 bits per heavy atom. The van der Waals surface area contributed by atoms with E-state index >= 15 is 0 Å². The third-order valence-corrected chi connectivity index (χ3v) is 6.68. The number of anilines is 3. The number of benzene rings is 3. The second-order valence-corrected chi connectivity index (χ2v) is 9.23. The van der Waals surface area contributed by atoms with Crippen molar-refractivity contribution in [3.8, 4) is 11.5 Å². The van der Waals surface area contributed by atoms with E-state index in [0.29, 0.717) is 41.8 Å². The first-order valence-electron chi connectivity index (χ1n) is 10.9. The van der Waals surface area contributed by atoms with Crippen LogP contribution in [-0.4, -0.2) is 41.1 Å². The normalized spacial score (nSPS) is 10.9. The Hall–Kier alpha value is -3.72. The summed E-state index contributed by atoms with van der Waals surface area (Å²) in [6.07, 6.45) is 0. The summed E-state index contributed by atoms with van der Waals surface area (Å²) in [6.45, 7) is 4.63. The smallest absolute Gasteiger partial charge is 0.264 e. The zero-order valence-corrected chi connectivity index (χ0v) is 20.3. The largest absolute Gasteiger partial charge is 0.494 e. The van der Waals surface area contributed by atoms with Gasteiger partial charge in [0.15, 0.2) is 0 Å². The molecule has 2 N–H and O–H groups in total. The Labute approximate surface area is 200 Å². The second kappa shape index (κ2) is 11.4. The monoisotopic (exact) mass is 483 g/mol. The summed E-state index contributed by atoms with van der Waals surface area (Å²) < 4.78 is 38.4. The van der Waals surface area contributed by atoms with Crippen molar-refractivity contribution in [2.45, 2.75) is 18.7 Å². The van der Waals surface area contributed by atoms with E-state index in [1.807, 2.05) is 19.9 Å². The summed E-state index contributed by atoms with van der Waals surface area (Å²) >= 11 is 0. The first kappa shape index (κ1) is 24.9. The lowest BCUT2D eigenvalue weighted by Gasteiger charge is -2.20. The van der Waals surface area contributed by atoms with Crippen LogP contribution in [0.5, 0.6) is 11.5 Å². The zero-order valence-electron chi connectivity index (χ0n) is 19.4. The number of hydrogen-bond acceptors (Lipinski definition) is 6. The van der Waals surface area contributed by atoms with Gasteiger partial charge in [0, 0.05) is 18.8 Å². The fourth-order valence-electron chi connectivity index (χ4n) is 3.22. The first-order valence-corrected chi connectivity index (χ1v) is 12.4. The molecule has 3 rings (SSSR count). The topological polar surface area (TPSA) is 97.0 Å². The van der Waals surface area contributed by atoms with Crippen LogP contribution >= 0.6 is 0 Å². The molecule has 0 aliphatic carbocycles. The first-order chi connectivity index (χ1) is 16.3. The van der Waals surface area contributed by atoms with Crippen LogP contribution < -0.4 is 24.4 Å². The highest BCUT2D eigenvalue weighted by molar-refractivity contribution is 7.92. The van der Waals surface area contributed by atoms with Gasteiger partial charge in [0.25, 0.3) is 10.0 Å². The maximum atomic E-state index is 13.0. The van der Waals surface area contributed by atoms with E-state index in [-0.39, 0.29) is 17.3 Å². The minimum atomic E-state index is -3.76. The molecule has 180 valence electrons. The zero-order chi connectivity index (χ0) is 24.6. The highest BCUT2D eigenvalue weighted by Crippen LogP contribution is 2.29. The van der Waals surface area contributed by atoms with Gasteiger partial charge in [0.2, 0.25) is 5.91 Å². The van der Waals surface area contributed by atoms with Crippen molar-refractivity contribution in [1.82, 2.24) is 0 Å². The molecule has 0 saturated carbocycles. The standard InChI is InChI=1S/C25H29N3O5S/c1-4-32-21-14-15-24(33-5-2)23(17-21)27-25(29)18-26-19-10-9-13-22(16-19)34(30,31)28(3)20-11-7-6-8-12-20/h6-17,26H,4-5,18H2,1-3H3,(H,27,29). The number of carbonyl (C=O) groups is 1. The third kappa shape index (κ3) is 6.20. The van der Waals surface area contributed by atoms with E-state index in [1.165, 1.54) is 23.5 Å². The second-order valence-electron chi connectivity index (χ2n) is 7.26. The lowest BCUT2D eigenvalue weighted by Crippen LogP contribution is -2.26. The molecule has 0 aliphatic rings. The summed E-state index contributed by atoms with van der Waals surface area (Å²) in [5.74, 6) is 0.843. The van der Waals surface area contributed by atoms with Crippen molar-refractivity contribution in [2.75, 3.05) is 41.7 Å². The number of ether oxygens (including phenoxy) is 2. The molecule has 0 radical (unpaired) electrons. The van der Waals surface area contributed by atoms with Crippen LogP contribution in [0.15, 0.2) is 77.7 Å². The van der Waals surface area contributed by atoms with E-state index in [9.17, 15) is 13.2 Å². The van der Waals surface area contributed by atoms with Crippen LogP contribution in [0.4, 0.5) is 17.1 Å². The van der Waals surface area contributed by atoms with Crippen molar-refractivity contribution in [3.63, 3.8) is 0 Å². The van der Waals surface area contributed by atoms with Gasteiger partial charge in [-0.1, -0.05) is 24.3 Å². The van der Waals surface area contributed by atoms with E-state index in [0.717, 1.165) is 0 Å². The summed E-state index contributed by atoms with van der Waals surface area (Å²) in [5, 5.41) is 5.80. The van der Waals surface area contributed by atoms with Crippen molar-refractivity contribution < 1.29 is 22.7 Å². The summed E-state index contributed by atoms with van der Waals surface area (Å²) in [6, 6.07) is 20.4. The van der Waals surface area contributed by atoms with Gasteiger partial charge >= 0.3 is 0 Å². The Morgan fingerprint density at radius 1 is 0.912 bits per heavy atom. The fraction of sp³-hybridized carbons (Fsp3) is 0.240. The molecule has 0 bridgehead atoms. The highest BCUT2D eigenvalue weighted by atomic mass is 32.2. The summed E-state index contributed by atoms with van der Waals surface area (Å²) in [5.41, 5.74) is 1.56. The number of rotatable bonds is 11. The maximum Gasteiger partial charge on any atom is 0.264 e. The highest BCUT2D eigenvalue weighted by Gasteiger charge is 2.21. The van der Waals surface area contributed by atoms with Gasteiger partial charge < -0.3 is 20.1 Å². The van der Waals surface area contributed by atoms with Gasteiger partial charge in [-0.3, -0.25) is 9.10 Å². The molecule has 3 aromatic carbocycles. The number of amides is 1. The van der Waals surface area contributed by atoms with Gasteiger partial charge in [-0.2, -0.15) is 0 Å². The van der Waals surface area contributed by atoms with Crippen molar-refractivity contribution >= 4 is 33.0 Å². The molecular formula is C25H29N3O5S. The Kier molecular flexibility index (Phi) is 8.37. The number of nitrogens with one attached hydrogen (secondary N) is 2. The molecule has 0 spiro atoms. The molecule has 8 nitrogen and oxygen atoms in total. The van der Waals surface area contributed by atoms with Crippen LogP contribution in [0.3, 0.4) is 0 Å². The third-order valence-electron chi connectivity index (χ3n) is 4.90. The van der Waals surface area contributed by atoms with Crippen molar-refractivity contribution in [1.29, 1.82) is 0 Å². The van der Waals surface area contributed by atoms with Gasteiger partial charge in [-0.15, -0.1) is 0 Å². The fourth-order valence-corrected chi connectivity index (χ4v) is 4.46. The average Bonchev–Trinajstić information content (AvgIpc) is 2.85. The van der Waals surface area contributed by atoms with Crippen LogP contribution in [-0.2, 0) is 14.8 Å². The molecule has 0 fully saturated rings. The van der Waals surface area contributed by atoms with Crippen LogP contribution in [0.25, 0.3) is 0 Å². The van der Waals surface area contributed by atoms with E-state index in [2.05, 4.69) is 10.6 Å². The molecule has 0 saturated heterocycles. The molecule has 3 aromatic rings. The Bertz CT molecular complexity index is 1220. The van der Waals surface area contributed by atoms with Crippen LogP contribution in [0.2, 0.25) is 0 Å². The van der Waals surface area contributed by atoms with Gasteiger partial charge in [-0.25, -0.2) is 8.42 Å². The summed E-state index contributed by atoms with van der Waals surface area (Å²) in [4.78, 5) is 12.7. The maximum absolute atomic E-state index is 13.0. The molecule has 0 aliphatic heterocycles. The molecular weight excluding hydrogens is 454 g/mol. The molecule has 0 heterocycles. The Morgan fingerprint density at radius 2 is 1.65 bits per heavy atom. The molecule has 0 atom stereocenters. The molecule has 0 aromatic heterocycles.